The summed E-state index contributed by atoms with van der Waals surface area (Å²) in [5, 5.41) is 3.50. The van der Waals surface area contributed by atoms with Crippen molar-refractivity contribution in [1.29, 1.82) is 0 Å². The van der Waals surface area contributed by atoms with E-state index < -0.39 is 0 Å². The Morgan fingerprint density at radius 3 is 2.48 bits per heavy atom. The molecule has 0 saturated carbocycles. The first-order valence-corrected chi connectivity index (χ1v) is 9.37. The van der Waals surface area contributed by atoms with Gasteiger partial charge in [-0.15, -0.1) is 24.0 Å². The fourth-order valence-electron chi connectivity index (χ4n) is 3.46. The molecule has 3 rings (SSSR count). The average molecular weight is 481 g/mol. The maximum absolute atomic E-state index is 4.53. The lowest BCUT2D eigenvalue weighted by molar-refractivity contribution is -0.0668. The summed E-state index contributed by atoms with van der Waals surface area (Å²) in [5.41, 5.74) is 1.73. The van der Waals surface area contributed by atoms with Crippen LogP contribution in [0.25, 0.3) is 0 Å². The second-order valence-electron chi connectivity index (χ2n) is 8.20. The van der Waals surface area contributed by atoms with Gasteiger partial charge in [0.2, 0.25) is 0 Å². The minimum absolute atomic E-state index is 0. The van der Waals surface area contributed by atoms with Gasteiger partial charge in [0.1, 0.15) is 5.82 Å². The number of hydrogen-bond acceptors (Lipinski definition) is 2. The quantitative estimate of drug-likeness (QED) is 0.400. The van der Waals surface area contributed by atoms with Gasteiger partial charge >= 0.3 is 0 Å². The number of likely N-dealkylation sites (tertiary alicyclic amines) is 1. The normalized spacial score (nSPS) is 17.8. The Morgan fingerprint density at radius 2 is 1.89 bits per heavy atom. The molecule has 6 heteroatoms. The van der Waals surface area contributed by atoms with E-state index in [2.05, 4.69) is 89.0 Å². The molecular weight excluding hydrogens is 449 g/mol. The van der Waals surface area contributed by atoms with Crippen LogP contribution in [0.4, 0.5) is 0 Å². The lowest BCUT2D eigenvalue weighted by atomic mass is 9.65. The van der Waals surface area contributed by atoms with Crippen molar-refractivity contribution in [1.82, 2.24) is 19.8 Å². The molecule has 0 unspecified atom stereocenters. The first-order chi connectivity index (χ1) is 12.3. The highest BCUT2D eigenvalue weighted by atomic mass is 127. The average Bonchev–Trinajstić information content (AvgIpc) is 3.08. The number of imidazole rings is 1. The fourth-order valence-corrected chi connectivity index (χ4v) is 3.46. The zero-order valence-corrected chi connectivity index (χ0v) is 19.4. The second kappa shape index (κ2) is 8.63. The van der Waals surface area contributed by atoms with Gasteiger partial charge in [0.15, 0.2) is 5.96 Å². The molecule has 27 heavy (non-hydrogen) atoms. The third-order valence-corrected chi connectivity index (χ3v) is 6.04. The van der Waals surface area contributed by atoms with E-state index in [4.69, 9.17) is 0 Å². The lowest BCUT2D eigenvalue weighted by Crippen LogP contribution is -2.72. The number of hydrogen-bond donors (Lipinski definition) is 1. The lowest BCUT2D eigenvalue weighted by Gasteiger charge is -2.62. The highest BCUT2D eigenvalue weighted by molar-refractivity contribution is 14.0. The van der Waals surface area contributed by atoms with Crippen LogP contribution in [-0.2, 0) is 19.5 Å². The number of benzene rings is 1. The Balaban J connectivity index is 0.00000261. The number of aryl methyl sites for hydroxylation is 2. The van der Waals surface area contributed by atoms with Crippen molar-refractivity contribution < 1.29 is 0 Å². The Labute approximate surface area is 180 Å². The molecule has 1 saturated heterocycles. The van der Waals surface area contributed by atoms with Crippen molar-refractivity contribution >= 4 is 29.9 Å². The number of guanidine groups is 1. The molecule has 1 fully saturated rings. The van der Waals surface area contributed by atoms with Gasteiger partial charge in [0.05, 0.1) is 6.54 Å². The summed E-state index contributed by atoms with van der Waals surface area (Å²) in [6.07, 6.45) is 4.94. The van der Waals surface area contributed by atoms with Crippen LogP contribution in [0.5, 0.6) is 0 Å². The molecule has 1 aliphatic heterocycles. The van der Waals surface area contributed by atoms with Crippen LogP contribution in [-0.4, -0.2) is 39.5 Å². The van der Waals surface area contributed by atoms with E-state index in [9.17, 15) is 0 Å². The molecule has 0 atom stereocenters. The van der Waals surface area contributed by atoms with Gasteiger partial charge in [-0.05, 0) is 25.8 Å². The smallest absolute Gasteiger partial charge is 0.194 e. The van der Waals surface area contributed by atoms with E-state index in [-0.39, 0.29) is 29.5 Å². The molecule has 1 aromatic heterocycles. The molecule has 2 heterocycles. The number of halogens is 1. The monoisotopic (exact) mass is 481 g/mol. The van der Waals surface area contributed by atoms with E-state index in [0.29, 0.717) is 12.0 Å². The van der Waals surface area contributed by atoms with Gasteiger partial charge in [-0.2, -0.15) is 0 Å². The highest BCUT2D eigenvalue weighted by Gasteiger charge is 2.53. The van der Waals surface area contributed by atoms with Crippen LogP contribution >= 0.6 is 24.0 Å². The number of nitrogens with one attached hydrogen (secondary N) is 1. The summed E-state index contributed by atoms with van der Waals surface area (Å²) in [6, 6.07) is 10.6. The standard InChI is InChI=1S/C21H31N5.HI/c1-20(2)16-26(21(20,3)4)19(22-5)24-15-18-23-12-14-25(18)13-11-17-9-7-6-8-10-17;/h6-10,12,14H,11,13,15-16H2,1-5H3,(H,22,24);1H. The van der Waals surface area contributed by atoms with E-state index in [1.807, 2.05) is 13.2 Å². The fraction of sp³-hybridized carbons (Fsp3) is 0.524. The van der Waals surface area contributed by atoms with Gasteiger partial charge in [-0.3, -0.25) is 4.99 Å². The van der Waals surface area contributed by atoms with E-state index in [1.165, 1.54) is 5.56 Å². The van der Waals surface area contributed by atoms with Crippen LogP contribution in [0.2, 0.25) is 0 Å². The number of rotatable bonds is 5. The Morgan fingerprint density at radius 1 is 1.19 bits per heavy atom. The summed E-state index contributed by atoms with van der Waals surface area (Å²) >= 11 is 0. The SMILES string of the molecule is CN=C(NCc1nccn1CCc1ccccc1)N1CC(C)(C)C1(C)C.I. The Kier molecular flexibility index (Phi) is 6.94. The molecule has 0 aliphatic carbocycles. The topological polar surface area (TPSA) is 45.5 Å². The molecular formula is C21H32IN5. The first kappa shape index (κ1) is 21.7. The van der Waals surface area contributed by atoms with Crippen LogP contribution in [0.3, 0.4) is 0 Å². The van der Waals surface area contributed by atoms with E-state index in [1.54, 1.807) is 0 Å². The highest BCUT2D eigenvalue weighted by Crippen LogP contribution is 2.46. The van der Waals surface area contributed by atoms with Crippen LogP contribution in [0.1, 0.15) is 39.1 Å². The molecule has 1 aliphatic rings. The van der Waals surface area contributed by atoms with Crippen molar-refractivity contribution in [2.75, 3.05) is 13.6 Å². The first-order valence-electron chi connectivity index (χ1n) is 9.37. The van der Waals surface area contributed by atoms with Crippen LogP contribution in [0.15, 0.2) is 47.7 Å². The third kappa shape index (κ3) is 4.47. The maximum Gasteiger partial charge on any atom is 0.194 e. The van der Waals surface area contributed by atoms with Gasteiger partial charge < -0.3 is 14.8 Å². The second-order valence-corrected chi connectivity index (χ2v) is 8.20. The maximum atomic E-state index is 4.53. The van der Waals surface area contributed by atoms with Gasteiger partial charge in [-0.25, -0.2) is 4.98 Å². The number of aliphatic imine (C=N–C) groups is 1. The minimum atomic E-state index is 0. The molecule has 2 aromatic rings. The zero-order valence-electron chi connectivity index (χ0n) is 17.1. The van der Waals surface area contributed by atoms with Crippen LogP contribution in [0, 0.1) is 5.41 Å². The molecule has 1 aromatic carbocycles. The molecule has 0 amide bonds. The van der Waals surface area contributed by atoms with Crippen molar-refractivity contribution in [2.24, 2.45) is 10.4 Å². The largest absolute Gasteiger partial charge is 0.349 e. The molecule has 0 spiro atoms. The van der Waals surface area contributed by atoms with E-state index >= 15 is 0 Å². The predicted molar refractivity (Wildman–Crippen MR) is 123 cm³/mol. The van der Waals surface area contributed by atoms with Crippen molar-refractivity contribution in [3.05, 3.63) is 54.1 Å². The third-order valence-electron chi connectivity index (χ3n) is 6.04. The number of aromatic nitrogens is 2. The van der Waals surface area contributed by atoms with Crippen LogP contribution < -0.4 is 5.32 Å². The summed E-state index contributed by atoms with van der Waals surface area (Å²) in [5.74, 6) is 1.99. The molecule has 0 radical (unpaired) electrons. The Hall–Kier alpha value is -1.57. The molecule has 0 bridgehead atoms. The van der Waals surface area contributed by atoms with Crippen molar-refractivity contribution in [3.8, 4) is 0 Å². The summed E-state index contributed by atoms with van der Waals surface area (Å²) in [7, 11) is 1.85. The zero-order chi connectivity index (χ0) is 18.8. The van der Waals surface area contributed by atoms with Gasteiger partial charge in [0.25, 0.3) is 0 Å². The number of nitrogens with zero attached hydrogens (tertiary/aromatic N) is 4. The summed E-state index contributed by atoms with van der Waals surface area (Å²) < 4.78 is 2.22. The van der Waals surface area contributed by atoms with Gasteiger partial charge in [-0.1, -0.05) is 44.2 Å². The van der Waals surface area contributed by atoms with Crippen molar-refractivity contribution in [3.63, 3.8) is 0 Å². The minimum Gasteiger partial charge on any atom is -0.349 e. The molecule has 148 valence electrons. The van der Waals surface area contributed by atoms with Gasteiger partial charge in [0, 0.05) is 43.5 Å². The predicted octanol–water partition coefficient (Wildman–Crippen LogP) is 3.94. The Bertz CT molecular complexity index is 764. The molecule has 5 nitrogen and oxygen atoms in total. The van der Waals surface area contributed by atoms with Crippen molar-refractivity contribution in [2.45, 2.75) is 52.7 Å². The van der Waals surface area contributed by atoms with E-state index in [0.717, 1.165) is 31.3 Å². The molecule has 1 N–H and O–H groups in total. The summed E-state index contributed by atoms with van der Waals surface area (Å²) in [6.45, 7) is 11.8. The summed E-state index contributed by atoms with van der Waals surface area (Å²) in [4.78, 5) is 11.4.